The van der Waals surface area contributed by atoms with Gasteiger partial charge in [0.25, 0.3) is 0 Å². The average molecular weight is 402 g/mol. The number of nitrogens with zero attached hydrogens (tertiary/aromatic N) is 1. The lowest BCUT2D eigenvalue weighted by molar-refractivity contribution is 0.340. The number of rotatable bonds is 6. The van der Waals surface area contributed by atoms with E-state index in [9.17, 15) is 8.94 Å². The summed E-state index contributed by atoms with van der Waals surface area (Å²) in [5.74, 6) is -0.318. The van der Waals surface area contributed by atoms with Crippen LogP contribution in [0.5, 0.6) is 5.75 Å². The van der Waals surface area contributed by atoms with Crippen molar-refractivity contribution in [3.63, 3.8) is 0 Å². The van der Waals surface area contributed by atoms with Crippen molar-refractivity contribution in [3.05, 3.63) is 29.6 Å². The molecule has 1 aromatic carbocycles. The van der Waals surface area contributed by atoms with Crippen LogP contribution < -0.4 is 4.74 Å². The molecule has 0 bridgehead atoms. The summed E-state index contributed by atoms with van der Waals surface area (Å²) in [7, 11) is -0.608. The van der Waals surface area contributed by atoms with E-state index < -0.39 is 30.2 Å². The average Bonchev–Trinajstić information content (AvgIpc) is 2.48. The van der Waals surface area contributed by atoms with Crippen LogP contribution in [-0.2, 0) is 15.8 Å². The number of methoxy groups -OCH3 is 1. The summed E-state index contributed by atoms with van der Waals surface area (Å²) in [6.07, 6.45) is 0. The quantitative estimate of drug-likeness (QED) is 0.378. The maximum absolute atomic E-state index is 14.2. The number of halogens is 1. The van der Waals surface area contributed by atoms with Crippen LogP contribution in [0.1, 0.15) is 47.1 Å². The minimum absolute atomic E-state index is 0.0342. The molecule has 0 aliphatic rings. The first-order valence-corrected chi connectivity index (χ1v) is 12.7. The van der Waals surface area contributed by atoms with Crippen LogP contribution in [0, 0.1) is 5.82 Å². The summed E-state index contributed by atoms with van der Waals surface area (Å²) in [4.78, 5) is 0. The van der Waals surface area contributed by atoms with Crippen LogP contribution in [0.2, 0.25) is 18.1 Å². The van der Waals surface area contributed by atoms with E-state index in [4.69, 9.17) is 9.16 Å². The first-order chi connectivity index (χ1) is 11.7. The standard InChI is InChI=1S/C19H32FNO3SSi/c1-18(2,3)25(22)21-16(13-24-26(8,9)19(4,5)6)14-10-11-17(23-7)15(20)12-14/h10-12H,13H2,1-9H3/t25-/m1/s1. The Bertz CT molecular complexity index is 651. The third-order valence-electron chi connectivity index (χ3n) is 4.58. The van der Waals surface area contributed by atoms with Crippen molar-refractivity contribution in [2.45, 2.75) is 64.4 Å². The smallest absolute Gasteiger partial charge is 0.192 e. The Morgan fingerprint density at radius 1 is 1.19 bits per heavy atom. The summed E-state index contributed by atoms with van der Waals surface area (Å²) >= 11 is -1.46. The fraction of sp³-hybridized carbons (Fsp3) is 0.632. The molecule has 0 heterocycles. The van der Waals surface area contributed by atoms with Gasteiger partial charge in [-0.05, 0) is 57.1 Å². The Morgan fingerprint density at radius 2 is 1.77 bits per heavy atom. The Balaban J connectivity index is 3.23. The number of hydrogen-bond donors (Lipinski definition) is 0. The molecule has 0 saturated heterocycles. The molecule has 1 rings (SSSR count). The molecule has 0 aliphatic heterocycles. The van der Waals surface area contributed by atoms with Gasteiger partial charge in [-0.15, -0.1) is 0 Å². The SMILES string of the molecule is COc1ccc(C(CO[Si](C)(C)C(C)(C)C)=N[S@+]([O-])C(C)(C)C)cc1F. The van der Waals surface area contributed by atoms with Gasteiger partial charge in [0.15, 0.2) is 19.9 Å². The van der Waals surface area contributed by atoms with Gasteiger partial charge in [-0.2, -0.15) is 0 Å². The molecular formula is C19H32FNO3SSi. The summed E-state index contributed by atoms with van der Waals surface area (Å²) in [6, 6.07) is 4.62. The van der Waals surface area contributed by atoms with Crippen LogP contribution in [-0.4, -0.2) is 37.0 Å². The van der Waals surface area contributed by atoms with E-state index in [0.717, 1.165) is 0 Å². The third kappa shape index (κ3) is 6.08. The van der Waals surface area contributed by atoms with Gasteiger partial charge >= 0.3 is 0 Å². The van der Waals surface area contributed by atoms with Crippen LogP contribution in [0.3, 0.4) is 0 Å². The summed E-state index contributed by atoms with van der Waals surface area (Å²) in [5.41, 5.74) is 1.05. The first-order valence-electron chi connectivity index (χ1n) is 8.66. The topological polar surface area (TPSA) is 53.9 Å². The zero-order valence-corrected chi connectivity index (χ0v) is 19.2. The highest BCUT2D eigenvalue weighted by atomic mass is 32.2. The number of benzene rings is 1. The van der Waals surface area contributed by atoms with Gasteiger partial charge in [-0.3, -0.25) is 0 Å². The Hall–Kier alpha value is -0.893. The molecule has 26 heavy (non-hydrogen) atoms. The normalized spacial score (nSPS) is 15.1. The summed E-state index contributed by atoms with van der Waals surface area (Å²) in [5, 5.41) is 0.0342. The fourth-order valence-corrected chi connectivity index (χ4v) is 3.27. The minimum atomic E-state index is -2.03. The van der Waals surface area contributed by atoms with Crippen molar-refractivity contribution in [1.82, 2.24) is 0 Å². The lowest BCUT2D eigenvalue weighted by Crippen LogP contribution is -2.42. The largest absolute Gasteiger partial charge is 0.591 e. The molecule has 4 nitrogen and oxygen atoms in total. The third-order valence-corrected chi connectivity index (χ3v) is 10.5. The first kappa shape index (κ1) is 23.1. The molecule has 0 radical (unpaired) electrons. The Morgan fingerprint density at radius 3 is 2.19 bits per heavy atom. The minimum Gasteiger partial charge on any atom is -0.591 e. The van der Waals surface area contributed by atoms with E-state index in [1.165, 1.54) is 13.2 Å². The molecule has 0 aliphatic carbocycles. The molecule has 148 valence electrons. The summed E-state index contributed by atoms with van der Waals surface area (Å²) in [6.45, 7) is 16.5. The molecule has 7 heteroatoms. The maximum atomic E-state index is 14.2. The van der Waals surface area contributed by atoms with E-state index >= 15 is 0 Å². The highest BCUT2D eigenvalue weighted by Gasteiger charge is 2.38. The van der Waals surface area contributed by atoms with Gasteiger partial charge in [0.1, 0.15) is 21.8 Å². The molecule has 0 saturated carbocycles. The number of ether oxygens (including phenoxy) is 1. The second kappa shape index (κ2) is 8.42. The zero-order chi connectivity index (χ0) is 20.3. The molecule has 0 spiro atoms. The molecule has 0 amide bonds. The van der Waals surface area contributed by atoms with E-state index in [1.807, 2.05) is 20.8 Å². The lowest BCUT2D eigenvalue weighted by atomic mass is 10.1. The maximum Gasteiger partial charge on any atom is 0.192 e. The summed E-state index contributed by atoms with van der Waals surface area (Å²) < 4.78 is 41.8. The van der Waals surface area contributed by atoms with Crippen molar-refractivity contribution >= 4 is 25.4 Å². The second-order valence-corrected chi connectivity index (χ2v) is 15.5. The van der Waals surface area contributed by atoms with E-state index in [2.05, 4.69) is 38.3 Å². The van der Waals surface area contributed by atoms with Gasteiger partial charge in [0.05, 0.1) is 13.7 Å². The molecule has 1 aromatic rings. The van der Waals surface area contributed by atoms with Crippen molar-refractivity contribution < 1.29 is 18.1 Å². The van der Waals surface area contributed by atoms with Gasteiger partial charge in [-0.1, -0.05) is 25.2 Å². The fourth-order valence-electron chi connectivity index (χ4n) is 1.71. The van der Waals surface area contributed by atoms with Gasteiger partial charge in [-0.25, -0.2) is 4.39 Å². The Kier molecular flexibility index (Phi) is 7.49. The van der Waals surface area contributed by atoms with Crippen LogP contribution >= 0.6 is 0 Å². The van der Waals surface area contributed by atoms with Crippen LogP contribution in [0.25, 0.3) is 0 Å². The number of hydrogen-bond acceptors (Lipinski definition) is 4. The van der Waals surface area contributed by atoms with Crippen molar-refractivity contribution in [3.8, 4) is 5.75 Å². The zero-order valence-electron chi connectivity index (χ0n) is 17.4. The molecular weight excluding hydrogens is 369 g/mol. The van der Waals surface area contributed by atoms with Crippen LogP contribution in [0.15, 0.2) is 22.6 Å². The molecule has 0 fully saturated rings. The van der Waals surface area contributed by atoms with E-state index in [1.54, 1.807) is 12.1 Å². The van der Waals surface area contributed by atoms with Crippen molar-refractivity contribution in [1.29, 1.82) is 0 Å². The molecule has 0 aromatic heterocycles. The highest BCUT2D eigenvalue weighted by molar-refractivity contribution is 7.91. The predicted octanol–water partition coefficient (Wildman–Crippen LogP) is 5.11. The second-order valence-electron chi connectivity index (χ2n) is 8.80. The predicted molar refractivity (Wildman–Crippen MR) is 111 cm³/mol. The van der Waals surface area contributed by atoms with Crippen LogP contribution in [0.4, 0.5) is 4.39 Å². The monoisotopic (exact) mass is 401 g/mol. The van der Waals surface area contributed by atoms with Gasteiger partial charge < -0.3 is 13.7 Å². The van der Waals surface area contributed by atoms with E-state index in [0.29, 0.717) is 11.3 Å². The van der Waals surface area contributed by atoms with Gasteiger partial charge in [0.2, 0.25) is 0 Å². The molecule has 1 atom stereocenters. The Labute approximate surface area is 161 Å². The molecule has 0 unspecified atom stereocenters. The lowest BCUT2D eigenvalue weighted by Gasteiger charge is -2.36. The van der Waals surface area contributed by atoms with Crippen molar-refractivity contribution in [2.24, 2.45) is 4.40 Å². The van der Waals surface area contributed by atoms with E-state index in [-0.39, 0.29) is 17.4 Å². The van der Waals surface area contributed by atoms with Crippen molar-refractivity contribution in [2.75, 3.05) is 13.7 Å². The van der Waals surface area contributed by atoms with Gasteiger partial charge in [0, 0.05) is 5.56 Å². The highest BCUT2D eigenvalue weighted by Crippen LogP contribution is 2.36. The molecule has 0 N–H and O–H groups in total.